The first-order valence-corrected chi connectivity index (χ1v) is 7.50. The summed E-state index contributed by atoms with van der Waals surface area (Å²) in [4.78, 5) is 11.3. The first kappa shape index (κ1) is 12.5. The van der Waals surface area contributed by atoms with E-state index in [4.69, 9.17) is 5.11 Å². The van der Waals surface area contributed by atoms with Crippen LogP contribution in [0.25, 0.3) is 0 Å². The second kappa shape index (κ2) is 4.08. The predicted molar refractivity (Wildman–Crippen MR) is 63.4 cm³/mol. The van der Waals surface area contributed by atoms with Gasteiger partial charge >= 0.3 is 5.97 Å². The number of carbonyl (C=O) groups is 1. The van der Waals surface area contributed by atoms with Crippen molar-refractivity contribution in [3.05, 3.63) is 16.8 Å². The maximum atomic E-state index is 12.1. The zero-order chi connectivity index (χ0) is 12.7. The maximum absolute atomic E-state index is 12.1. The van der Waals surface area contributed by atoms with Crippen molar-refractivity contribution in [3.8, 4) is 0 Å². The van der Waals surface area contributed by atoms with E-state index in [2.05, 4.69) is 0 Å². The average Bonchev–Trinajstić information content (AvgIpc) is 2.86. The summed E-state index contributed by atoms with van der Waals surface area (Å²) in [6.45, 7) is 1.89. The lowest BCUT2D eigenvalue weighted by molar-refractivity contribution is -0.146. The summed E-state index contributed by atoms with van der Waals surface area (Å²) >= 11 is 1.31. The highest BCUT2D eigenvalue weighted by Gasteiger charge is 2.44. The summed E-state index contributed by atoms with van der Waals surface area (Å²) in [5.41, 5.74) is -0.969. The zero-order valence-electron chi connectivity index (χ0n) is 9.29. The molecule has 1 unspecified atom stereocenters. The van der Waals surface area contributed by atoms with Crippen molar-refractivity contribution < 1.29 is 18.3 Å². The number of rotatable bonds is 3. The monoisotopic (exact) mass is 275 g/mol. The van der Waals surface area contributed by atoms with Crippen molar-refractivity contribution in [2.24, 2.45) is 5.41 Å². The first-order chi connectivity index (χ1) is 7.86. The second-order valence-corrected chi connectivity index (χ2v) is 7.13. The van der Waals surface area contributed by atoms with Crippen LogP contribution < -0.4 is 0 Å². The molecule has 1 N–H and O–H groups in total. The number of thiophene rings is 1. The Kier molecular flexibility index (Phi) is 3.01. The Bertz CT molecular complexity index is 523. The fraction of sp³-hybridized carbons (Fsp3) is 0.500. The van der Waals surface area contributed by atoms with Gasteiger partial charge in [-0.2, -0.15) is 15.6 Å². The molecule has 0 bridgehead atoms. The molecule has 94 valence electrons. The van der Waals surface area contributed by atoms with Crippen molar-refractivity contribution >= 4 is 27.3 Å². The van der Waals surface area contributed by atoms with Crippen molar-refractivity contribution in [2.75, 3.05) is 13.1 Å². The number of nitrogens with zero attached hydrogens (tertiary/aromatic N) is 1. The number of sulfonamides is 1. The molecule has 7 heteroatoms. The van der Waals surface area contributed by atoms with Gasteiger partial charge in [0.15, 0.2) is 0 Å². The summed E-state index contributed by atoms with van der Waals surface area (Å²) in [6.07, 6.45) is 0.353. The Balaban J connectivity index is 2.25. The molecule has 5 nitrogen and oxygen atoms in total. The van der Waals surface area contributed by atoms with E-state index in [9.17, 15) is 13.2 Å². The first-order valence-electron chi connectivity index (χ1n) is 5.12. The van der Waals surface area contributed by atoms with Gasteiger partial charge in [-0.1, -0.05) is 0 Å². The van der Waals surface area contributed by atoms with Crippen LogP contribution in [0.5, 0.6) is 0 Å². The van der Waals surface area contributed by atoms with Crippen molar-refractivity contribution in [2.45, 2.75) is 18.2 Å². The minimum atomic E-state index is -3.52. The molecule has 2 rings (SSSR count). The SMILES string of the molecule is CC1(C(=O)O)CCN(S(=O)(=O)c2ccsc2)C1. The van der Waals surface area contributed by atoms with Gasteiger partial charge in [-0.05, 0) is 24.8 Å². The van der Waals surface area contributed by atoms with Gasteiger partial charge in [0, 0.05) is 18.5 Å². The summed E-state index contributed by atoms with van der Waals surface area (Å²) in [5.74, 6) is -0.944. The predicted octanol–water partition coefficient (Wildman–Crippen LogP) is 1.23. The molecule has 1 saturated heterocycles. The van der Waals surface area contributed by atoms with E-state index in [0.29, 0.717) is 6.42 Å². The van der Waals surface area contributed by atoms with Crippen LogP contribution in [-0.2, 0) is 14.8 Å². The minimum absolute atomic E-state index is 0.0422. The molecule has 0 aromatic carbocycles. The second-order valence-electron chi connectivity index (χ2n) is 4.41. The van der Waals surface area contributed by atoms with Crippen molar-refractivity contribution in [3.63, 3.8) is 0 Å². The third-order valence-electron chi connectivity index (χ3n) is 3.09. The lowest BCUT2D eigenvalue weighted by Gasteiger charge is -2.19. The molecule has 0 radical (unpaired) electrons. The van der Waals surface area contributed by atoms with E-state index >= 15 is 0 Å². The Hall–Kier alpha value is -0.920. The maximum Gasteiger partial charge on any atom is 0.310 e. The number of hydrogen-bond donors (Lipinski definition) is 1. The van der Waals surface area contributed by atoms with E-state index in [1.54, 1.807) is 17.7 Å². The molecule has 0 amide bonds. The van der Waals surface area contributed by atoms with E-state index in [-0.39, 0.29) is 18.0 Å². The molecule has 0 aliphatic carbocycles. The molecule has 0 spiro atoms. The molecule has 0 saturated carbocycles. The molecule has 1 aromatic rings. The van der Waals surface area contributed by atoms with E-state index in [1.807, 2.05) is 0 Å². The molecule has 1 aromatic heterocycles. The standard InChI is InChI=1S/C10H13NO4S2/c1-10(9(12)13)3-4-11(7-10)17(14,15)8-2-5-16-6-8/h2,5-6H,3-4,7H2,1H3,(H,12,13). The Morgan fingerprint density at radius 2 is 2.29 bits per heavy atom. The van der Waals surface area contributed by atoms with Crippen molar-refractivity contribution in [1.29, 1.82) is 0 Å². The lowest BCUT2D eigenvalue weighted by Crippen LogP contribution is -2.34. The minimum Gasteiger partial charge on any atom is -0.481 e. The van der Waals surface area contributed by atoms with Crippen LogP contribution in [0.15, 0.2) is 21.7 Å². The Morgan fingerprint density at radius 1 is 1.59 bits per heavy atom. The van der Waals surface area contributed by atoms with Gasteiger partial charge in [-0.25, -0.2) is 8.42 Å². The highest BCUT2D eigenvalue weighted by atomic mass is 32.2. The summed E-state index contributed by atoms with van der Waals surface area (Å²) < 4.78 is 25.5. The molecule has 1 aliphatic heterocycles. The van der Waals surface area contributed by atoms with Gasteiger partial charge in [0.25, 0.3) is 0 Å². The zero-order valence-corrected chi connectivity index (χ0v) is 10.9. The number of aliphatic carboxylic acids is 1. The third kappa shape index (κ3) is 2.10. The number of carboxylic acid groups (broad SMARTS) is 1. The highest BCUT2D eigenvalue weighted by molar-refractivity contribution is 7.89. The van der Waals surface area contributed by atoms with Gasteiger partial charge in [-0.15, -0.1) is 0 Å². The van der Waals surface area contributed by atoms with E-state index in [1.165, 1.54) is 21.7 Å². The van der Waals surface area contributed by atoms with Crippen molar-refractivity contribution in [1.82, 2.24) is 4.31 Å². The lowest BCUT2D eigenvalue weighted by atomic mass is 9.90. The van der Waals surface area contributed by atoms with Crippen LogP contribution in [0, 0.1) is 5.41 Å². The average molecular weight is 275 g/mol. The van der Waals surface area contributed by atoms with Gasteiger partial charge < -0.3 is 5.11 Å². The third-order valence-corrected chi connectivity index (χ3v) is 5.76. The van der Waals surface area contributed by atoms with Gasteiger partial charge in [-0.3, -0.25) is 4.79 Å². The molecule has 2 heterocycles. The van der Waals surface area contributed by atoms with Crippen LogP contribution in [0.2, 0.25) is 0 Å². The van der Waals surface area contributed by atoms with Crippen LogP contribution in [-0.4, -0.2) is 36.9 Å². The fourth-order valence-electron chi connectivity index (χ4n) is 1.85. The number of hydrogen-bond acceptors (Lipinski definition) is 4. The van der Waals surface area contributed by atoms with Gasteiger partial charge in [0.1, 0.15) is 0 Å². The van der Waals surface area contributed by atoms with Crippen LogP contribution in [0.4, 0.5) is 0 Å². The molecule has 1 atom stereocenters. The largest absolute Gasteiger partial charge is 0.481 e. The van der Waals surface area contributed by atoms with Gasteiger partial charge in [0.2, 0.25) is 10.0 Å². The highest BCUT2D eigenvalue weighted by Crippen LogP contribution is 2.33. The van der Waals surface area contributed by atoms with E-state index < -0.39 is 21.4 Å². The molecule has 1 fully saturated rings. The summed E-state index contributed by atoms with van der Waals surface area (Å²) in [5, 5.41) is 12.3. The van der Waals surface area contributed by atoms with Gasteiger partial charge in [0.05, 0.1) is 10.3 Å². The molecule has 1 aliphatic rings. The topological polar surface area (TPSA) is 74.7 Å². The Morgan fingerprint density at radius 3 is 2.76 bits per heavy atom. The molecular weight excluding hydrogens is 262 g/mol. The smallest absolute Gasteiger partial charge is 0.310 e. The summed E-state index contributed by atoms with van der Waals surface area (Å²) in [6, 6.07) is 1.54. The number of carboxylic acids is 1. The quantitative estimate of drug-likeness (QED) is 0.900. The normalized spacial score (nSPS) is 26.2. The van der Waals surface area contributed by atoms with Crippen LogP contribution in [0.1, 0.15) is 13.3 Å². The van der Waals surface area contributed by atoms with E-state index in [0.717, 1.165) is 0 Å². The van der Waals surface area contributed by atoms with Crippen LogP contribution in [0.3, 0.4) is 0 Å². The fourth-order valence-corrected chi connectivity index (χ4v) is 4.43. The van der Waals surface area contributed by atoms with Crippen LogP contribution >= 0.6 is 11.3 Å². The summed E-state index contributed by atoms with van der Waals surface area (Å²) in [7, 11) is -3.52. The Labute approximate surface area is 104 Å². The molecule has 17 heavy (non-hydrogen) atoms. The molecular formula is C10H13NO4S2.